The Bertz CT molecular complexity index is 1220. The molecule has 0 saturated carbocycles. The molecule has 1 aromatic heterocycles. The monoisotopic (exact) mass is 411 g/mol. The van der Waals surface area contributed by atoms with Crippen molar-refractivity contribution in [1.82, 2.24) is 14.3 Å². The standard InChI is InChI=1S/C21H18ClN3O2S/c1-25-19-10-6-5-9-18(19)23-21(25)20(15-7-3-2-4-8-15)24-28(26,27)17-13-11-16(22)12-14-17/h2-14,20,24H,1H3. The van der Waals surface area contributed by atoms with Crippen molar-refractivity contribution < 1.29 is 8.42 Å². The third-order valence-electron chi connectivity index (χ3n) is 4.61. The van der Waals surface area contributed by atoms with E-state index < -0.39 is 16.1 Å². The zero-order valence-corrected chi connectivity index (χ0v) is 16.7. The van der Waals surface area contributed by atoms with E-state index in [0.29, 0.717) is 10.8 Å². The lowest BCUT2D eigenvalue weighted by Crippen LogP contribution is -2.31. The van der Waals surface area contributed by atoms with Crippen LogP contribution in [0.2, 0.25) is 5.02 Å². The van der Waals surface area contributed by atoms with Gasteiger partial charge < -0.3 is 4.57 Å². The van der Waals surface area contributed by atoms with E-state index in [1.807, 2.05) is 66.2 Å². The average molecular weight is 412 g/mol. The number of hydrogen-bond acceptors (Lipinski definition) is 3. The van der Waals surface area contributed by atoms with E-state index in [1.165, 1.54) is 12.1 Å². The predicted octanol–water partition coefficient (Wildman–Crippen LogP) is 4.29. The molecule has 0 spiro atoms. The molecular formula is C21H18ClN3O2S. The molecular weight excluding hydrogens is 394 g/mol. The Morgan fingerprint density at radius 1 is 0.929 bits per heavy atom. The first-order valence-electron chi connectivity index (χ1n) is 8.70. The fourth-order valence-corrected chi connectivity index (χ4v) is 4.48. The molecule has 0 saturated heterocycles. The summed E-state index contributed by atoms with van der Waals surface area (Å²) in [7, 11) is -1.90. The normalized spacial score (nSPS) is 12.9. The van der Waals surface area contributed by atoms with Crippen LogP contribution in [0, 0.1) is 0 Å². The molecule has 0 radical (unpaired) electrons. The number of rotatable bonds is 5. The molecule has 0 aliphatic carbocycles. The summed E-state index contributed by atoms with van der Waals surface area (Å²) in [6, 6.07) is 22.6. The summed E-state index contributed by atoms with van der Waals surface area (Å²) in [5.74, 6) is 0.616. The molecule has 1 heterocycles. The number of sulfonamides is 1. The molecule has 1 N–H and O–H groups in total. The van der Waals surface area contributed by atoms with E-state index in [0.717, 1.165) is 16.6 Å². The number of nitrogens with zero attached hydrogens (tertiary/aromatic N) is 2. The minimum atomic E-state index is -3.79. The molecule has 4 aromatic rings. The quantitative estimate of drug-likeness (QED) is 0.532. The van der Waals surface area contributed by atoms with Gasteiger partial charge in [0.25, 0.3) is 0 Å². The van der Waals surface area contributed by atoms with Crippen molar-refractivity contribution in [2.75, 3.05) is 0 Å². The van der Waals surface area contributed by atoms with E-state index in [-0.39, 0.29) is 4.90 Å². The zero-order chi connectivity index (χ0) is 19.7. The Morgan fingerprint density at radius 3 is 2.25 bits per heavy atom. The van der Waals surface area contributed by atoms with E-state index in [9.17, 15) is 8.42 Å². The Kier molecular flexibility index (Phi) is 4.93. The molecule has 1 unspecified atom stereocenters. The van der Waals surface area contributed by atoms with Crippen molar-refractivity contribution in [3.63, 3.8) is 0 Å². The van der Waals surface area contributed by atoms with E-state index >= 15 is 0 Å². The van der Waals surface area contributed by atoms with Crippen LogP contribution in [0.3, 0.4) is 0 Å². The van der Waals surface area contributed by atoms with Crippen LogP contribution in [0.15, 0.2) is 83.8 Å². The predicted molar refractivity (Wildman–Crippen MR) is 111 cm³/mol. The van der Waals surface area contributed by atoms with Gasteiger partial charge in [-0.05, 0) is 42.0 Å². The van der Waals surface area contributed by atoms with E-state index in [1.54, 1.807) is 12.1 Å². The number of aryl methyl sites for hydroxylation is 1. The summed E-state index contributed by atoms with van der Waals surface area (Å²) in [6.07, 6.45) is 0. The summed E-state index contributed by atoms with van der Waals surface area (Å²) < 4.78 is 30.8. The summed E-state index contributed by atoms with van der Waals surface area (Å²) in [6.45, 7) is 0. The molecule has 142 valence electrons. The highest BCUT2D eigenvalue weighted by molar-refractivity contribution is 7.89. The highest BCUT2D eigenvalue weighted by atomic mass is 35.5. The van der Waals surface area contributed by atoms with Gasteiger partial charge in [0.1, 0.15) is 11.9 Å². The van der Waals surface area contributed by atoms with E-state index in [4.69, 9.17) is 16.6 Å². The van der Waals surface area contributed by atoms with Crippen LogP contribution in [0.25, 0.3) is 11.0 Å². The molecule has 4 rings (SSSR count). The number of aromatic nitrogens is 2. The summed E-state index contributed by atoms with van der Waals surface area (Å²) in [4.78, 5) is 4.85. The average Bonchev–Trinajstić information content (AvgIpc) is 3.04. The Balaban J connectivity index is 1.82. The van der Waals surface area contributed by atoms with Gasteiger partial charge in [-0.1, -0.05) is 54.1 Å². The van der Waals surface area contributed by atoms with Gasteiger partial charge >= 0.3 is 0 Å². The minimum Gasteiger partial charge on any atom is -0.329 e. The van der Waals surface area contributed by atoms with Crippen LogP contribution in [-0.4, -0.2) is 18.0 Å². The third-order valence-corrected chi connectivity index (χ3v) is 6.30. The van der Waals surface area contributed by atoms with Gasteiger partial charge in [0, 0.05) is 12.1 Å². The molecule has 1 atom stereocenters. The third kappa shape index (κ3) is 3.54. The highest BCUT2D eigenvalue weighted by Gasteiger charge is 2.26. The van der Waals surface area contributed by atoms with Crippen LogP contribution in [0.1, 0.15) is 17.4 Å². The van der Waals surface area contributed by atoms with Crippen LogP contribution in [0.4, 0.5) is 0 Å². The minimum absolute atomic E-state index is 0.150. The van der Waals surface area contributed by atoms with Crippen molar-refractivity contribution in [2.24, 2.45) is 7.05 Å². The van der Waals surface area contributed by atoms with Gasteiger partial charge in [-0.3, -0.25) is 0 Å². The molecule has 0 aliphatic heterocycles. The van der Waals surface area contributed by atoms with Crippen molar-refractivity contribution in [3.8, 4) is 0 Å². The smallest absolute Gasteiger partial charge is 0.241 e. The summed E-state index contributed by atoms with van der Waals surface area (Å²) in [5.41, 5.74) is 2.55. The van der Waals surface area contributed by atoms with Crippen LogP contribution in [0.5, 0.6) is 0 Å². The maximum absolute atomic E-state index is 13.0. The lowest BCUT2D eigenvalue weighted by Gasteiger charge is -2.19. The van der Waals surface area contributed by atoms with Crippen molar-refractivity contribution in [3.05, 3.63) is 95.3 Å². The van der Waals surface area contributed by atoms with Gasteiger partial charge in [-0.25, -0.2) is 13.4 Å². The number of fused-ring (bicyclic) bond motifs is 1. The molecule has 0 fully saturated rings. The van der Waals surface area contributed by atoms with Gasteiger partial charge in [0.05, 0.1) is 15.9 Å². The molecule has 0 amide bonds. The number of para-hydroxylation sites is 2. The van der Waals surface area contributed by atoms with Crippen LogP contribution >= 0.6 is 11.6 Å². The maximum atomic E-state index is 13.0. The first kappa shape index (κ1) is 18.7. The first-order valence-corrected chi connectivity index (χ1v) is 10.6. The lowest BCUT2D eigenvalue weighted by atomic mass is 10.1. The zero-order valence-electron chi connectivity index (χ0n) is 15.1. The molecule has 28 heavy (non-hydrogen) atoms. The summed E-state index contributed by atoms with van der Waals surface area (Å²) in [5, 5.41) is 0.480. The van der Waals surface area contributed by atoms with Gasteiger partial charge in [0.15, 0.2) is 0 Å². The van der Waals surface area contributed by atoms with Crippen LogP contribution < -0.4 is 4.72 Å². The largest absolute Gasteiger partial charge is 0.329 e. The molecule has 0 bridgehead atoms. The number of hydrogen-bond donors (Lipinski definition) is 1. The number of nitrogens with one attached hydrogen (secondary N) is 1. The summed E-state index contributed by atoms with van der Waals surface area (Å²) >= 11 is 5.90. The second kappa shape index (κ2) is 7.39. The SMILES string of the molecule is Cn1c(C(NS(=O)(=O)c2ccc(Cl)cc2)c2ccccc2)nc2ccccc21. The second-order valence-electron chi connectivity index (χ2n) is 6.44. The number of halogens is 1. The molecule has 5 nitrogen and oxygen atoms in total. The Hall–Kier alpha value is -2.67. The molecule has 3 aromatic carbocycles. The first-order chi connectivity index (χ1) is 13.5. The second-order valence-corrected chi connectivity index (χ2v) is 8.59. The topological polar surface area (TPSA) is 64.0 Å². The lowest BCUT2D eigenvalue weighted by molar-refractivity contribution is 0.563. The van der Waals surface area contributed by atoms with Gasteiger partial charge in [0.2, 0.25) is 10.0 Å². The molecule has 7 heteroatoms. The molecule has 0 aliphatic rings. The Morgan fingerprint density at radius 2 is 1.57 bits per heavy atom. The van der Waals surface area contributed by atoms with Crippen molar-refractivity contribution >= 4 is 32.7 Å². The van der Waals surface area contributed by atoms with Gasteiger partial charge in [-0.15, -0.1) is 0 Å². The maximum Gasteiger partial charge on any atom is 0.241 e. The van der Waals surface area contributed by atoms with Gasteiger partial charge in [-0.2, -0.15) is 4.72 Å². The van der Waals surface area contributed by atoms with Crippen molar-refractivity contribution in [1.29, 1.82) is 0 Å². The van der Waals surface area contributed by atoms with E-state index in [2.05, 4.69) is 4.72 Å². The number of benzene rings is 3. The van der Waals surface area contributed by atoms with Crippen LogP contribution in [-0.2, 0) is 17.1 Å². The fourth-order valence-electron chi connectivity index (χ4n) is 3.17. The number of imidazole rings is 1. The fraction of sp³-hybridized carbons (Fsp3) is 0.0952. The van der Waals surface area contributed by atoms with Crippen molar-refractivity contribution in [2.45, 2.75) is 10.9 Å². The Labute approximate surface area is 168 Å². The highest BCUT2D eigenvalue weighted by Crippen LogP contribution is 2.27.